The van der Waals surface area contributed by atoms with Gasteiger partial charge in [-0.05, 0) is 48.2 Å². The van der Waals surface area contributed by atoms with Gasteiger partial charge in [-0.1, -0.05) is 12.1 Å². The maximum absolute atomic E-state index is 13.5. The summed E-state index contributed by atoms with van der Waals surface area (Å²) in [6, 6.07) is 8.42. The SMILES string of the molecule is CN1C(=O)OCc2cc(-n3cc(C(=O)O)c(=O)n(CC4CCc5c4cccc5C(F)(F)F)c3=O)ccc21. The monoisotopic (exact) mass is 515 g/mol. The molecule has 0 saturated heterocycles. The number of nitrogens with zero attached hydrogens (tertiary/aromatic N) is 3. The number of benzene rings is 2. The number of aromatic nitrogens is 2. The maximum atomic E-state index is 13.5. The summed E-state index contributed by atoms with van der Waals surface area (Å²) in [6.07, 6.45) is -3.78. The van der Waals surface area contributed by atoms with Crippen LogP contribution >= 0.6 is 0 Å². The largest absolute Gasteiger partial charge is 0.477 e. The molecule has 0 saturated carbocycles. The molecule has 1 unspecified atom stereocenters. The third-order valence-corrected chi connectivity index (χ3v) is 6.83. The molecule has 2 heterocycles. The number of alkyl halides is 3. The first-order valence-corrected chi connectivity index (χ1v) is 11.3. The molecule has 1 N–H and O–H groups in total. The van der Waals surface area contributed by atoms with Gasteiger partial charge < -0.3 is 9.84 Å². The van der Waals surface area contributed by atoms with Gasteiger partial charge in [0.05, 0.1) is 16.9 Å². The van der Waals surface area contributed by atoms with Crippen molar-refractivity contribution in [3.63, 3.8) is 0 Å². The van der Waals surface area contributed by atoms with Crippen molar-refractivity contribution < 1.29 is 32.6 Å². The van der Waals surface area contributed by atoms with Crippen molar-refractivity contribution >= 4 is 17.7 Å². The van der Waals surface area contributed by atoms with E-state index < -0.39 is 46.5 Å². The Morgan fingerprint density at radius 1 is 1.16 bits per heavy atom. The van der Waals surface area contributed by atoms with E-state index >= 15 is 0 Å². The van der Waals surface area contributed by atoms with E-state index in [4.69, 9.17) is 4.74 Å². The number of aromatic carboxylic acids is 1. The van der Waals surface area contributed by atoms with Gasteiger partial charge >= 0.3 is 23.9 Å². The van der Waals surface area contributed by atoms with Crippen LogP contribution in [-0.2, 0) is 30.5 Å². The number of halogens is 3. The highest BCUT2D eigenvalue weighted by atomic mass is 19.4. The fourth-order valence-electron chi connectivity index (χ4n) is 5.01. The van der Waals surface area contributed by atoms with Gasteiger partial charge in [-0.2, -0.15) is 13.2 Å². The summed E-state index contributed by atoms with van der Waals surface area (Å²) < 4.78 is 47.2. The number of cyclic esters (lactones) is 1. The van der Waals surface area contributed by atoms with Crippen LogP contribution in [0.3, 0.4) is 0 Å². The Morgan fingerprint density at radius 2 is 1.92 bits per heavy atom. The summed E-state index contributed by atoms with van der Waals surface area (Å²) in [5, 5.41) is 9.63. The quantitative estimate of drug-likeness (QED) is 0.569. The van der Waals surface area contributed by atoms with E-state index in [2.05, 4.69) is 0 Å². The molecule has 0 radical (unpaired) electrons. The van der Waals surface area contributed by atoms with E-state index in [1.54, 1.807) is 12.1 Å². The van der Waals surface area contributed by atoms with Crippen molar-refractivity contribution in [1.82, 2.24) is 9.13 Å². The second kappa shape index (κ2) is 8.64. The molecule has 0 fully saturated rings. The van der Waals surface area contributed by atoms with Crippen LogP contribution < -0.4 is 16.1 Å². The smallest absolute Gasteiger partial charge is 0.416 e. The van der Waals surface area contributed by atoms with E-state index in [0.29, 0.717) is 16.8 Å². The van der Waals surface area contributed by atoms with Gasteiger partial charge in [0.1, 0.15) is 12.2 Å². The van der Waals surface area contributed by atoms with E-state index in [1.807, 2.05) is 0 Å². The molecule has 1 aromatic heterocycles. The molecular formula is C25H20F3N3O6. The number of fused-ring (bicyclic) bond motifs is 2. The van der Waals surface area contributed by atoms with E-state index in [-0.39, 0.29) is 37.2 Å². The van der Waals surface area contributed by atoms with Crippen molar-refractivity contribution in [3.05, 3.63) is 91.3 Å². The number of hydrogen-bond acceptors (Lipinski definition) is 5. The molecule has 3 aromatic rings. The minimum Gasteiger partial charge on any atom is -0.477 e. The summed E-state index contributed by atoms with van der Waals surface area (Å²) >= 11 is 0. The fraction of sp³-hybridized carbons (Fsp3) is 0.280. The molecule has 1 amide bonds. The first kappa shape index (κ1) is 24.3. The molecule has 192 valence electrons. The predicted octanol–water partition coefficient (Wildman–Crippen LogP) is 3.53. The average molecular weight is 515 g/mol. The average Bonchev–Trinajstić information content (AvgIpc) is 3.26. The third kappa shape index (κ3) is 4.07. The number of amides is 1. The van der Waals surface area contributed by atoms with Gasteiger partial charge in [0.2, 0.25) is 0 Å². The van der Waals surface area contributed by atoms with Crippen LogP contribution in [-0.4, -0.2) is 33.4 Å². The number of rotatable bonds is 4. The molecule has 1 aliphatic carbocycles. The fourth-order valence-corrected chi connectivity index (χ4v) is 5.01. The number of ether oxygens (including phenoxy) is 1. The van der Waals surface area contributed by atoms with Crippen LogP contribution in [0.25, 0.3) is 5.69 Å². The first-order chi connectivity index (χ1) is 17.5. The Balaban J connectivity index is 1.60. The molecule has 1 atom stereocenters. The lowest BCUT2D eigenvalue weighted by Crippen LogP contribution is -2.42. The van der Waals surface area contributed by atoms with Crippen LogP contribution in [0.1, 0.15) is 45.0 Å². The normalized spacial score (nSPS) is 16.8. The van der Waals surface area contributed by atoms with Crippen LogP contribution in [0.15, 0.2) is 52.2 Å². The highest BCUT2D eigenvalue weighted by molar-refractivity contribution is 5.90. The molecule has 1 aliphatic heterocycles. The summed E-state index contributed by atoms with van der Waals surface area (Å²) in [4.78, 5) is 51.3. The highest BCUT2D eigenvalue weighted by Crippen LogP contribution is 2.41. The molecule has 12 heteroatoms. The van der Waals surface area contributed by atoms with Gasteiger partial charge in [-0.15, -0.1) is 0 Å². The predicted molar refractivity (Wildman–Crippen MR) is 124 cm³/mol. The van der Waals surface area contributed by atoms with Crippen LogP contribution in [0.4, 0.5) is 23.7 Å². The minimum absolute atomic E-state index is 0.0626. The number of carbonyl (C=O) groups is 2. The number of carboxylic acid groups (broad SMARTS) is 1. The lowest BCUT2D eigenvalue weighted by molar-refractivity contribution is -0.138. The second-order valence-electron chi connectivity index (χ2n) is 8.95. The molecule has 37 heavy (non-hydrogen) atoms. The molecule has 9 nitrogen and oxygen atoms in total. The Labute approximate surface area is 206 Å². The molecule has 0 bridgehead atoms. The van der Waals surface area contributed by atoms with E-state index in [9.17, 15) is 37.5 Å². The van der Waals surface area contributed by atoms with Gasteiger partial charge in [0.25, 0.3) is 5.56 Å². The maximum Gasteiger partial charge on any atom is 0.416 e. The zero-order valence-corrected chi connectivity index (χ0v) is 19.4. The van der Waals surface area contributed by atoms with Crippen LogP contribution in [0, 0.1) is 0 Å². The first-order valence-electron chi connectivity index (χ1n) is 11.3. The van der Waals surface area contributed by atoms with Gasteiger partial charge in [0, 0.05) is 31.3 Å². The van der Waals surface area contributed by atoms with Crippen molar-refractivity contribution in [3.8, 4) is 5.69 Å². The second-order valence-corrected chi connectivity index (χ2v) is 8.95. The summed E-state index contributed by atoms with van der Waals surface area (Å²) in [7, 11) is 1.51. The minimum atomic E-state index is -4.54. The third-order valence-electron chi connectivity index (χ3n) is 6.83. The Bertz CT molecular complexity index is 1570. The zero-order valence-electron chi connectivity index (χ0n) is 19.4. The lowest BCUT2D eigenvalue weighted by atomic mass is 9.98. The topological polar surface area (TPSA) is 111 Å². The Kier molecular flexibility index (Phi) is 5.69. The molecular weight excluding hydrogens is 495 g/mol. The molecule has 5 rings (SSSR count). The molecule has 2 aliphatic rings. The van der Waals surface area contributed by atoms with Crippen LogP contribution in [0.2, 0.25) is 0 Å². The lowest BCUT2D eigenvalue weighted by Gasteiger charge is -2.26. The van der Waals surface area contributed by atoms with Gasteiger partial charge in [-0.3, -0.25) is 18.8 Å². The van der Waals surface area contributed by atoms with E-state index in [0.717, 1.165) is 21.4 Å². The number of anilines is 1. The standard InChI is InChI=1S/C25H20F3N3O6/c1-29-20-8-6-15(9-14(20)12-37-24(29)36)30-11-18(22(33)34)21(32)31(23(30)35)10-13-5-7-17-16(13)3-2-4-19(17)25(26,27)28/h2-4,6,8-9,11,13H,5,7,10,12H2,1H3,(H,33,34). The number of carbonyl (C=O) groups excluding carboxylic acids is 1. The van der Waals surface area contributed by atoms with Crippen molar-refractivity contribution in [1.29, 1.82) is 0 Å². The highest BCUT2D eigenvalue weighted by Gasteiger charge is 2.37. The van der Waals surface area contributed by atoms with Crippen molar-refractivity contribution in [2.45, 2.75) is 38.1 Å². The van der Waals surface area contributed by atoms with Crippen molar-refractivity contribution in [2.75, 3.05) is 11.9 Å². The van der Waals surface area contributed by atoms with Crippen molar-refractivity contribution in [2.24, 2.45) is 0 Å². The summed E-state index contributed by atoms with van der Waals surface area (Å²) in [5.41, 5.74) is -1.45. The molecule has 2 aromatic carbocycles. The number of carboxylic acids is 1. The van der Waals surface area contributed by atoms with E-state index in [1.165, 1.54) is 30.1 Å². The zero-order chi connectivity index (χ0) is 26.6. The Hall–Kier alpha value is -4.35. The van der Waals surface area contributed by atoms with Gasteiger partial charge in [-0.25, -0.2) is 14.4 Å². The summed E-state index contributed by atoms with van der Waals surface area (Å²) in [6.45, 7) is -0.342. The van der Waals surface area contributed by atoms with Crippen LogP contribution in [0.5, 0.6) is 0 Å². The summed E-state index contributed by atoms with van der Waals surface area (Å²) in [5.74, 6) is -2.14. The number of hydrogen-bond donors (Lipinski definition) is 1. The van der Waals surface area contributed by atoms with Gasteiger partial charge in [0.15, 0.2) is 0 Å². The molecule has 0 spiro atoms. The Morgan fingerprint density at radius 3 is 2.62 bits per heavy atom.